The van der Waals surface area contributed by atoms with Gasteiger partial charge in [-0.25, -0.2) is 8.42 Å². The molecule has 2 aromatic rings. The van der Waals surface area contributed by atoms with Gasteiger partial charge < -0.3 is 10.2 Å². The van der Waals surface area contributed by atoms with Gasteiger partial charge in [0.15, 0.2) is 0 Å². The first-order valence-corrected chi connectivity index (χ1v) is 14.6. The van der Waals surface area contributed by atoms with E-state index in [0.29, 0.717) is 31.6 Å². The van der Waals surface area contributed by atoms with Crippen LogP contribution in [0.15, 0.2) is 48.5 Å². The molecule has 1 atom stereocenters. The number of nitrogens with one attached hydrogen (secondary N) is 1. The van der Waals surface area contributed by atoms with Gasteiger partial charge in [-0.1, -0.05) is 56.7 Å². The number of unbranched alkanes of at least 4 members (excludes halogenated alkanes) is 1. The second kappa shape index (κ2) is 14.0. The lowest BCUT2D eigenvalue weighted by Gasteiger charge is -2.31. The number of sulfonamides is 1. The van der Waals surface area contributed by atoms with Crippen molar-refractivity contribution in [2.24, 2.45) is 0 Å². The summed E-state index contributed by atoms with van der Waals surface area (Å²) in [4.78, 5) is 28.2. The molecule has 8 heteroatoms. The molecular formula is C28H41N3O4S. The highest BCUT2D eigenvalue weighted by atomic mass is 32.2. The highest BCUT2D eigenvalue weighted by molar-refractivity contribution is 7.92. The van der Waals surface area contributed by atoms with Crippen molar-refractivity contribution < 1.29 is 18.0 Å². The van der Waals surface area contributed by atoms with Crippen LogP contribution in [0.1, 0.15) is 62.6 Å². The number of benzene rings is 2. The summed E-state index contributed by atoms with van der Waals surface area (Å²) >= 11 is 0. The van der Waals surface area contributed by atoms with Crippen LogP contribution in [0.4, 0.5) is 5.69 Å². The highest BCUT2D eigenvalue weighted by Crippen LogP contribution is 2.21. The predicted molar refractivity (Wildman–Crippen MR) is 146 cm³/mol. The number of amides is 2. The minimum absolute atomic E-state index is 0.141. The van der Waals surface area contributed by atoms with E-state index in [0.717, 1.165) is 29.5 Å². The number of hydrogen-bond donors (Lipinski definition) is 1. The van der Waals surface area contributed by atoms with E-state index in [9.17, 15) is 18.0 Å². The Balaban J connectivity index is 2.21. The zero-order valence-corrected chi connectivity index (χ0v) is 23.1. The topological polar surface area (TPSA) is 86.8 Å². The summed E-state index contributed by atoms with van der Waals surface area (Å²) in [6.07, 6.45) is 4.01. The van der Waals surface area contributed by atoms with Gasteiger partial charge >= 0.3 is 0 Å². The third-order valence-corrected chi connectivity index (χ3v) is 7.45. The van der Waals surface area contributed by atoms with Crippen LogP contribution in [0.5, 0.6) is 0 Å². The smallest absolute Gasteiger partial charge is 0.242 e. The lowest BCUT2D eigenvalue weighted by Crippen LogP contribution is -2.49. The average Bonchev–Trinajstić information content (AvgIpc) is 2.82. The predicted octanol–water partition coefficient (Wildman–Crippen LogP) is 4.57. The van der Waals surface area contributed by atoms with Crippen LogP contribution < -0.4 is 9.62 Å². The number of nitrogens with zero attached hydrogens (tertiary/aromatic N) is 2. The summed E-state index contributed by atoms with van der Waals surface area (Å²) in [5.41, 5.74) is 3.59. The van der Waals surface area contributed by atoms with E-state index in [1.807, 2.05) is 63.2 Å². The second-order valence-electron chi connectivity index (χ2n) is 9.29. The molecule has 0 saturated carbocycles. The van der Waals surface area contributed by atoms with Gasteiger partial charge in [0.05, 0.1) is 11.9 Å². The van der Waals surface area contributed by atoms with Crippen LogP contribution >= 0.6 is 0 Å². The summed E-state index contributed by atoms with van der Waals surface area (Å²) in [6, 6.07) is 14.6. The molecule has 0 unspecified atom stereocenters. The average molecular weight is 516 g/mol. The Morgan fingerprint density at radius 2 is 1.72 bits per heavy atom. The molecule has 0 aliphatic rings. The molecule has 0 saturated heterocycles. The highest BCUT2D eigenvalue weighted by Gasteiger charge is 2.29. The van der Waals surface area contributed by atoms with E-state index >= 15 is 0 Å². The van der Waals surface area contributed by atoms with Crippen LogP contribution in [0.3, 0.4) is 0 Å². The quantitative estimate of drug-likeness (QED) is 0.373. The zero-order chi connectivity index (χ0) is 26.7. The summed E-state index contributed by atoms with van der Waals surface area (Å²) in [5.74, 6) is -0.307. The Morgan fingerprint density at radius 3 is 2.33 bits per heavy atom. The maximum absolute atomic E-state index is 13.5. The minimum atomic E-state index is -3.51. The Kier molecular flexibility index (Phi) is 11.4. The third kappa shape index (κ3) is 8.66. The van der Waals surface area contributed by atoms with Gasteiger partial charge in [-0.05, 0) is 61.9 Å². The lowest BCUT2D eigenvalue weighted by atomic mass is 10.1. The van der Waals surface area contributed by atoms with Crippen LogP contribution in [0.25, 0.3) is 0 Å². The number of hydrogen-bond acceptors (Lipinski definition) is 4. The Hall–Kier alpha value is -2.87. The molecule has 0 aliphatic carbocycles. The van der Waals surface area contributed by atoms with E-state index in [1.165, 1.54) is 10.6 Å². The summed E-state index contributed by atoms with van der Waals surface area (Å²) < 4.78 is 26.3. The molecule has 2 amide bonds. The van der Waals surface area contributed by atoms with Crippen molar-refractivity contribution in [1.82, 2.24) is 10.2 Å². The third-order valence-electron chi connectivity index (χ3n) is 6.26. The van der Waals surface area contributed by atoms with Gasteiger partial charge in [-0.15, -0.1) is 0 Å². The number of carbonyl (C=O) groups excluding carboxylic acids is 2. The van der Waals surface area contributed by atoms with Crippen LogP contribution in [0.2, 0.25) is 0 Å². The fraction of sp³-hybridized carbons (Fsp3) is 0.500. The Bertz CT molecular complexity index is 1120. The summed E-state index contributed by atoms with van der Waals surface area (Å²) in [5, 5.41) is 2.97. The monoisotopic (exact) mass is 515 g/mol. The van der Waals surface area contributed by atoms with Crippen molar-refractivity contribution in [2.75, 3.05) is 23.7 Å². The molecule has 0 bridgehead atoms. The van der Waals surface area contributed by atoms with E-state index < -0.39 is 16.1 Å². The van der Waals surface area contributed by atoms with Gasteiger partial charge in [0.25, 0.3) is 0 Å². The van der Waals surface area contributed by atoms with Crippen molar-refractivity contribution in [3.05, 3.63) is 65.2 Å². The summed E-state index contributed by atoms with van der Waals surface area (Å²) in [7, 11) is -3.51. The standard InChI is InChI=1S/C28H41N3O4S/c1-6-8-18-29-28(33)26(7-2)30(21-24-15-10-9-14-23(24)4)27(32)17-12-19-31(36(5,34)35)25-16-11-13-22(3)20-25/h9-11,13-16,20,26H,6-8,12,17-19,21H2,1-5H3,(H,29,33)/t26-/m1/s1. The van der Waals surface area contributed by atoms with E-state index in [1.54, 1.807) is 11.0 Å². The lowest BCUT2D eigenvalue weighted by molar-refractivity contribution is -0.141. The molecule has 1 N–H and O–H groups in total. The molecule has 2 aromatic carbocycles. The summed E-state index contributed by atoms with van der Waals surface area (Å²) in [6.45, 7) is 8.97. The van der Waals surface area contributed by atoms with Crippen LogP contribution in [-0.2, 0) is 26.2 Å². The van der Waals surface area contributed by atoms with Crippen LogP contribution in [0, 0.1) is 13.8 Å². The second-order valence-corrected chi connectivity index (χ2v) is 11.2. The molecule has 0 heterocycles. The Morgan fingerprint density at radius 1 is 1.00 bits per heavy atom. The molecule has 7 nitrogen and oxygen atoms in total. The van der Waals surface area contributed by atoms with Crippen molar-refractivity contribution in [2.45, 2.75) is 72.4 Å². The van der Waals surface area contributed by atoms with Gasteiger partial charge in [0.2, 0.25) is 21.8 Å². The van der Waals surface area contributed by atoms with E-state index in [2.05, 4.69) is 12.2 Å². The van der Waals surface area contributed by atoms with Crippen molar-refractivity contribution in [3.63, 3.8) is 0 Å². The molecule has 0 radical (unpaired) electrons. The Labute approximate surface area is 216 Å². The SMILES string of the molecule is CCCCNC(=O)[C@@H](CC)N(Cc1ccccc1C)C(=O)CCCN(c1cccc(C)c1)S(C)(=O)=O. The maximum Gasteiger partial charge on any atom is 0.242 e. The molecule has 2 rings (SSSR count). The largest absolute Gasteiger partial charge is 0.354 e. The molecule has 0 aliphatic heterocycles. The molecule has 0 aromatic heterocycles. The molecule has 198 valence electrons. The van der Waals surface area contributed by atoms with E-state index in [4.69, 9.17) is 0 Å². The minimum Gasteiger partial charge on any atom is -0.354 e. The molecule has 36 heavy (non-hydrogen) atoms. The van der Waals surface area contributed by atoms with Gasteiger partial charge in [0, 0.05) is 26.1 Å². The first kappa shape index (κ1) is 29.4. The van der Waals surface area contributed by atoms with Gasteiger partial charge in [-0.2, -0.15) is 0 Å². The fourth-order valence-electron chi connectivity index (χ4n) is 4.18. The normalized spacial score (nSPS) is 12.1. The van der Waals surface area contributed by atoms with Gasteiger partial charge in [-0.3, -0.25) is 13.9 Å². The molecular weight excluding hydrogens is 474 g/mol. The van der Waals surface area contributed by atoms with Crippen molar-refractivity contribution in [3.8, 4) is 0 Å². The molecule has 0 fully saturated rings. The first-order chi connectivity index (χ1) is 17.1. The number of rotatable bonds is 14. The zero-order valence-electron chi connectivity index (χ0n) is 22.3. The number of aryl methyl sites for hydroxylation is 2. The van der Waals surface area contributed by atoms with Crippen LogP contribution in [-0.4, -0.2) is 50.5 Å². The number of carbonyl (C=O) groups is 2. The maximum atomic E-state index is 13.5. The van der Waals surface area contributed by atoms with E-state index in [-0.39, 0.29) is 24.8 Å². The molecule has 0 spiro atoms. The number of anilines is 1. The fourth-order valence-corrected chi connectivity index (χ4v) is 5.14. The van der Waals surface area contributed by atoms with Gasteiger partial charge in [0.1, 0.15) is 6.04 Å². The van der Waals surface area contributed by atoms with Crippen molar-refractivity contribution >= 4 is 27.5 Å². The first-order valence-electron chi connectivity index (χ1n) is 12.7. The van der Waals surface area contributed by atoms with Crippen molar-refractivity contribution in [1.29, 1.82) is 0 Å².